The monoisotopic (exact) mass is 274 g/mol. The summed E-state index contributed by atoms with van der Waals surface area (Å²) in [6.07, 6.45) is 1.52. The molecule has 3 heteroatoms. The number of aliphatic hydroxyl groups excluding tert-OH is 1. The molecule has 0 radical (unpaired) electrons. The summed E-state index contributed by atoms with van der Waals surface area (Å²) in [6, 6.07) is 8.15. The Kier molecular flexibility index (Phi) is 3.33. The van der Waals surface area contributed by atoms with Crippen molar-refractivity contribution in [3.05, 3.63) is 50.7 Å². The molecule has 1 aliphatic heterocycles. The number of benzene rings is 1. The highest BCUT2D eigenvalue weighted by Gasteiger charge is 2.22. The molecule has 0 fully saturated rings. The number of fused-ring (bicyclic) bond motifs is 1. The highest BCUT2D eigenvalue weighted by molar-refractivity contribution is 7.12. The molecular formula is C16H18O2S. The summed E-state index contributed by atoms with van der Waals surface area (Å²) < 4.78 is 5.78. The van der Waals surface area contributed by atoms with E-state index in [1.165, 1.54) is 16.0 Å². The van der Waals surface area contributed by atoms with Crippen molar-refractivity contribution in [2.45, 2.75) is 32.8 Å². The van der Waals surface area contributed by atoms with Gasteiger partial charge in [-0.05, 0) is 43.9 Å². The minimum atomic E-state index is -0.578. The fraction of sp³-hybridized carbons (Fsp3) is 0.375. The van der Waals surface area contributed by atoms with E-state index < -0.39 is 6.10 Å². The second kappa shape index (κ2) is 4.99. The number of rotatable bonds is 2. The van der Waals surface area contributed by atoms with Crippen molar-refractivity contribution >= 4 is 11.3 Å². The van der Waals surface area contributed by atoms with Gasteiger partial charge in [0, 0.05) is 15.3 Å². The highest BCUT2D eigenvalue weighted by Crippen LogP contribution is 2.38. The Balaban J connectivity index is 2.02. The minimum Gasteiger partial charge on any atom is -0.493 e. The molecule has 3 rings (SSSR count). The molecule has 0 saturated carbocycles. The summed E-state index contributed by atoms with van der Waals surface area (Å²) in [5, 5.41) is 10.6. The Morgan fingerprint density at radius 1 is 1.32 bits per heavy atom. The van der Waals surface area contributed by atoms with Gasteiger partial charge < -0.3 is 9.84 Å². The van der Waals surface area contributed by atoms with Gasteiger partial charge in [0.2, 0.25) is 0 Å². The molecule has 1 aromatic heterocycles. The molecule has 1 atom stereocenters. The number of para-hydroxylation sites is 1. The second-order valence-corrected chi connectivity index (χ2v) is 6.37. The van der Waals surface area contributed by atoms with Crippen molar-refractivity contribution in [2.24, 2.45) is 0 Å². The normalized spacial score (nSPS) is 15.7. The quantitative estimate of drug-likeness (QED) is 0.903. The molecular weight excluding hydrogens is 256 g/mol. The molecule has 2 heterocycles. The lowest BCUT2D eigenvalue weighted by molar-refractivity contribution is 0.210. The molecule has 0 aliphatic carbocycles. The van der Waals surface area contributed by atoms with Crippen LogP contribution in [0.25, 0.3) is 0 Å². The van der Waals surface area contributed by atoms with Crippen LogP contribution in [0.3, 0.4) is 0 Å². The van der Waals surface area contributed by atoms with E-state index in [0.717, 1.165) is 35.6 Å². The number of ether oxygens (including phenoxy) is 1. The Labute approximate surface area is 117 Å². The van der Waals surface area contributed by atoms with E-state index in [-0.39, 0.29) is 0 Å². The van der Waals surface area contributed by atoms with Gasteiger partial charge in [0.25, 0.3) is 0 Å². The number of aliphatic hydroxyl groups is 1. The maximum Gasteiger partial charge on any atom is 0.128 e. The zero-order valence-electron chi connectivity index (χ0n) is 11.3. The van der Waals surface area contributed by atoms with Crippen LogP contribution in [0, 0.1) is 13.8 Å². The lowest BCUT2D eigenvalue weighted by Crippen LogP contribution is -2.12. The van der Waals surface area contributed by atoms with Crippen LogP contribution >= 0.6 is 11.3 Å². The molecule has 0 amide bonds. The van der Waals surface area contributed by atoms with Gasteiger partial charge in [-0.3, -0.25) is 0 Å². The van der Waals surface area contributed by atoms with Gasteiger partial charge >= 0.3 is 0 Å². The zero-order valence-corrected chi connectivity index (χ0v) is 12.1. The van der Waals surface area contributed by atoms with Crippen LogP contribution in [0.5, 0.6) is 5.75 Å². The Morgan fingerprint density at radius 3 is 2.89 bits per heavy atom. The molecule has 1 aromatic carbocycles. The fourth-order valence-corrected chi connectivity index (χ4v) is 3.57. The van der Waals surface area contributed by atoms with E-state index in [1.54, 1.807) is 11.3 Å². The van der Waals surface area contributed by atoms with E-state index in [0.29, 0.717) is 0 Å². The molecule has 2 aromatic rings. The third-order valence-electron chi connectivity index (χ3n) is 3.71. The van der Waals surface area contributed by atoms with Crippen molar-refractivity contribution in [3.8, 4) is 5.75 Å². The number of aryl methyl sites for hydroxylation is 3. The molecule has 100 valence electrons. The average molecular weight is 274 g/mol. The van der Waals surface area contributed by atoms with Gasteiger partial charge in [-0.2, -0.15) is 0 Å². The Hall–Kier alpha value is -1.32. The number of hydrogen-bond acceptors (Lipinski definition) is 3. The van der Waals surface area contributed by atoms with Crippen LogP contribution in [0.4, 0.5) is 0 Å². The molecule has 0 bridgehead atoms. The van der Waals surface area contributed by atoms with Crippen molar-refractivity contribution in [1.82, 2.24) is 0 Å². The van der Waals surface area contributed by atoms with Gasteiger partial charge in [0.1, 0.15) is 11.9 Å². The van der Waals surface area contributed by atoms with Crippen molar-refractivity contribution < 1.29 is 9.84 Å². The Morgan fingerprint density at radius 2 is 2.16 bits per heavy atom. The summed E-state index contributed by atoms with van der Waals surface area (Å²) in [6.45, 7) is 4.92. The minimum absolute atomic E-state index is 0.578. The summed E-state index contributed by atoms with van der Waals surface area (Å²) in [4.78, 5) is 2.26. The third kappa shape index (κ3) is 2.28. The SMILES string of the molecule is Cc1cc(C(O)c2cccc3c2OCCC3)sc1C. The third-order valence-corrected chi connectivity index (χ3v) is 4.92. The van der Waals surface area contributed by atoms with Crippen molar-refractivity contribution in [1.29, 1.82) is 0 Å². The predicted molar refractivity (Wildman–Crippen MR) is 78.1 cm³/mol. The highest BCUT2D eigenvalue weighted by atomic mass is 32.1. The lowest BCUT2D eigenvalue weighted by Gasteiger charge is -2.22. The first-order valence-electron chi connectivity index (χ1n) is 6.66. The largest absolute Gasteiger partial charge is 0.493 e. The zero-order chi connectivity index (χ0) is 13.4. The van der Waals surface area contributed by atoms with E-state index in [9.17, 15) is 5.11 Å². The first-order valence-corrected chi connectivity index (χ1v) is 7.48. The molecule has 0 saturated heterocycles. The van der Waals surface area contributed by atoms with Crippen LogP contribution in [0.1, 0.15) is 39.0 Å². The van der Waals surface area contributed by atoms with E-state index in [1.807, 2.05) is 12.1 Å². The van der Waals surface area contributed by atoms with Crippen molar-refractivity contribution in [3.63, 3.8) is 0 Å². The van der Waals surface area contributed by atoms with Gasteiger partial charge in [-0.15, -0.1) is 11.3 Å². The van der Waals surface area contributed by atoms with Crippen LogP contribution in [-0.2, 0) is 6.42 Å². The number of thiophene rings is 1. The lowest BCUT2D eigenvalue weighted by atomic mass is 9.98. The van der Waals surface area contributed by atoms with Gasteiger partial charge in [0.15, 0.2) is 0 Å². The molecule has 0 spiro atoms. The first kappa shape index (κ1) is 12.7. The summed E-state index contributed by atoms with van der Waals surface area (Å²) in [5.74, 6) is 0.893. The summed E-state index contributed by atoms with van der Waals surface area (Å²) >= 11 is 1.66. The molecule has 1 aliphatic rings. The maximum atomic E-state index is 10.6. The molecule has 19 heavy (non-hydrogen) atoms. The van der Waals surface area contributed by atoms with Gasteiger partial charge in [-0.25, -0.2) is 0 Å². The smallest absolute Gasteiger partial charge is 0.128 e. The van der Waals surface area contributed by atoms with Gasteiger partial charge in [-0.1, -0.05) is 18.2 Å². The topological polar surface area (TPSA) is 29.5 Å². The fourth-order valence-electron chi connectivity index (χ4n) is 2.52. The van der Waals surface area contributed by atoms with Crippen LogP contribution < -0.4 is 4.74 Å². The predicted octanol–water partition coefficient (Wildman–Crippen LogP) is 3.77. The summed E-state index contributed by atoms with van der Waals surface area (Å²) in [5.41, 5.74) is 3.36. The maximum absolute atomic E-state index is 10.6. The van der Waals surface area contributed by atoms with Crippen LogP contribution in [-0.4, -0.2) is 11.7 Å². The average Bonchev–Trinajstić information content (AvgIpc) is 2.77. The van der Waals surface area contributed by atoms with Gasteiger partial charge in [0.05, 0.1) is 6.61 Å². The van der Waals surface area contributed by atoms with E-state index in [2.05, 4.69) is 26.0 Å². The molecule has 1 N–H and O–H groups in total. The van der Waals surface area contributed by atoms with Crippen LogP contribution in [0.15, 0.2) is 24.3 Å². The molecule has 1 unspecified atom stereocenters. The van der Waals surface area contributed by atoms with Crippen LogP contribution in [0.2, 0.25) is 0 Å². The second-order valence-electron chi connectivity index (χ2n) is 5.08. The standard InChI is InChI=1S/C16H18O2S/c1-10-9-14(19-11(10)2)15(17)13-7-3-5-12-6-4-8-18-16(12)13/h3,5,7,9,15,17H,4,6,8H2,1-2H3. The Bertz CT molecular complexity index is 581. The van der Waals surface area contributed by atoms with E-state index >= 15 is 0 Å². The summed E-state index contributed by atoms with van der Waals surface area (Å²) in [7, 11) is 0. The number of hydrogen-bond donors (Lipinski definition) is 1. The molecule has 2 nitrogen and oxygen atoms in total. The van der Waals surface area contributed by atoms with E-state index in [4.69, 9.17) is 4.74 Å². The van der Waals surface area contributed by atoms with Crippen molar-refractivity contribution in [2.75, 3.05) is 6.61 Å². The first-order chi connectivity index (χ1) is 9.16.